The summed E-state index contributed by atoms with van der Waals surface area (Å²) in [5.74, 6) is 2.07. The van der Waals surface area contributed by atoms with E-state index in [9.17, 15) is 0 Å². The van der Waals surface area contributed by atoms with Gasteiger partial charge in [0.2, 0.25) is 11.7 Å². The van der Waals surface area contributed by atoms with Gasteiger partial charge in [0.15, 0.2) is 5.82 Å². The van der Waals surface area contributed by atoms with E-state index >= 15 is 0 Å². The second-order valence-electron chi connectivity index (χ2n) is 5.96. The van der Waals surface area contributed by atoms with E-state index in [1.807, 2.05) is 24.3 Å². The zero-order valence-electron chi connectivity index (χ0n) is 13.7. The summed E-state index contributed by atoms with van der Waals surface area (Å²) in [6.07, 6.45) is 7.43. The van der Waals surface area contributed by atoms with Crippen LogP contribution in [0.3, 0.4) is 0 Å². The number of nitrogens with one attached hydrogen (secondary N) is 1. The number of hydrogen-bond donors (Lipinski definition) is 1. The molecule has 128 valence electrons. The highest BCUT2D eigenvalue weighted by Gasteiger charge is 2.25. The van der Waals surface area contributed by atoms with Crippen molar-refractivity contribution in [3.63, 3.8) is 0 Å². The Hall–Kier alpha value is -2.87. The molecule has 1 aliphatic rings. The average Bonchev–Trinajstić information content (AvgIpc) is 3.33. The molecule has 3 aromatic rings. The minimum atomic E-state index is 0.400. The third kappa shape index (κ3) is 3.63. The molecule has 8 nitrogen and oxygen atoms in total. The molecule has 1 saturated heterocycles. The first-order valence-electron chi connectivity index (χ1n) is 8.38. The molecule has 8 heteroatoms. The molecule has 0 saturated carbocycles. The second kappa shape index (κ2) is 7.35. The van der Waals surface area contributed by atoms with Crippen LogP contribution >= 0.6 is 0 Å². The van der Waals surface area contributed by atoms with Crippen molar-refractivity contribution in [3.8, 4) is 11.4 Å². The first kappa shape index (κ1) is 15.6. The van der Waals surface area contributed by atoms with Gasteiger partial charge in [-0.15, -0.1) is 5.10 Å². The zero-order chi connectivity index (χ0) is 16.9. The van der Waals surface area contributed by atoms with Crippen LogP contribution in [0.5, 0.6) is 0 Å². The van der Waals surface area contributed by atoms with Crippen LogP contribution in [0.2, 0.25) is 0 Å². The maximum absolute atomic E-state index is 5.31. The standard InChI is InChI=1S/C17H19N7O/c1-4-13(10-18-7-1)17-21-16(25-23-17)12-19-11-14-5-3-9-24(14)15-6-2-8-20-22-15/h1-2,4,6-8,10,14,19H,3,5,9,11-12H2. The van der Waals surface area contributed by atoms with E-state index in [0.717, 1.165) is 37.3 Å². The number of aromatic nitrogens is 5. The summed E-state index contributed by atoms with van der Waals surface area (Å²) in [4.78, 5) is 10.8. The summed E-state index contributed by atoms with van der Waals surface area (Å²) in [5, 5.41) is 15.6. The van der Waals surface area contributed by atoms with Crippen LogP contribution in [0.15, 0.2) is 47.4 Å². The third-order valence-electron chi connectivity index (χ3n) is 4.27. The van der Waals surface area contributed by atoms with Crippen molar-refractivity contribution in [1.82, 2.24) is 30.6 Å². The molecule has 4 heterocycles. The lowest BCUT2D eigenvalue weighted by molar-refractivity contribution is 0.365. The zero-order valence-corrected chi connectivity index (χ0v) is 13.7. The lowest BCUT2D eigenvalue weighted by Crippen LogP contribution is -2.38. The topological polar surface area (TPSA) is 92.9 Å². The van der Waals surface area contributed by atoms with E-state index in [-0.39, 0.29) is 0 Å². The van der Waals surface area contributed by atoms with Gasteiger partial charge in [-0.2, -0.15) is 10.1 Å². The number of rotatable bonds is 6. The molecule has 3 aromatic heterocycles. The van der Waals surface area contributed by atoms with Crippen molar-refractivity contribution in [2.24, 2.45) is 0 Å². The first-order valence-corrected chi connectivity index (χ1v) is 8.38. The largest absolute Gasteiger partial charge is 0.351 e. The van der Waals surface area contributed by atoms with Crippen LogP contribution in [-0.2, 0) is 6.54 Å². The highest BCUT2D eigenvalue weighted by atomic mass is 16.5. The maximum atomic E-state index is 5.31. The van der Waals surface area contributed by atoms with E-state index < -0.39 is 0 Å². The molecular formula is C17H19N7O. The summed E-state index contributed by atoms with van der Waals surface area (Å²) in [7, 11) is 0. The number of nitrogens with zero attached hydrogens (tertiary/aromatic N) is 6. The number of pyridine rings is 1. The van der Waals surface area contributed by atoms with E-state index in [2.05, 4.69) is 35.5 Å². The van der Waals surface area contributed by atoms with Gasteiger partial charge in [-0.3, -0.25) is 4.98 Å². The van der Waals surface area contributed by atoms with Gasteiger partial charge >= 0.3 is 0 Å². The maximum Gasteiger partial charge on any atom is 0.240 e. The lowest BCUT2D eigenvalue weighted by Gasteiger charge is -2.25. The molecule has 0 bridgehead atoms. The highest BCUT2D eigenvalue weighted by molar-refractivity contribution is 5.51. The molecule has 1 N–H and O–H groups in total. The number of hydrogen-bond acceptors (Lipinski definition) is 8. The van der Waals surface area contributed by atoms with Crippen LogP contribution in [-0.4, -0.2) is 44.5 Å². The SMILES string of the molecule is c1cncc(-c2noc(CNCC3CCCN3c3cccnn3)n2)c1. The van der Waals surface area contributed by atoms with Crippen molar-refractivity contribution in [2.75, 3.05) is 18.0 Å². The fourth-order valence-corrected chi connectivity index (χ4v) is 3.08. The molecule has 1 atom stereocenters. The van der Waals surface area contributed by atoms with Crippen LogP contribution in [0.25, 0.3) is 11.4 Å². The van der Waals surface area contributed by atoms with Crippen molar-refractivity contribution in [3.05, 3.63) is 48.7 Å². The molecule has 0 aliphatic carbocycles. The van der Waals surface area contributed by atoms with Gasteiger partial charge in [-0.25, -0.2) is 0 Å². The van der Waals surface area contributed by atoms with Crippen LogP contribution in [0, 0.1) is 0 Å². The first-order chi connectivity index (χ1) is 12.4. The Morgan fingerprint density at radius 1 is 1.24 bits per heavy atom. The summed E-state index contributed by atoms with van der Waals surface area (Å²) < 4.78 is 5.31. The van der Waals surface area contributed by atoms with Gasteiger partial charge in [0, 0.05) is 43.3 Å². The molecule has 0 spiro atoms. The molecule has 0 radical (unpaired) electrons. The quantitative estimate of drug-likeness (QED) is 0.726. The molecule has 25 heavy (non-hydrogen) atoms. The summed E-state index contributed by atoms with van der Waals surface area (Å²) in [5.41, 5.74) is 0.849. The molecule has 0 amide bonds. The molecule has 1 aliphatic heterocycles. The Labute approximate surface area is 145 Å². The van der Waals surface area contributed by atoms with E-state index in [1.54, 1.807) is 18.6 Å². The Bertz CT molecular complexity index is 793. The van der Waals surface area contributed by atoms with Gasteiger partial charge in [0.1, 0.15) is 0 Å². The Morgan fingerprint density at radius 2 is 2.20 bits per heavy atom. The Morgan fingerprint density at radius 3 is 3.04 bits per heavy atom. The molecule has 0 aromatic carbocycles. The van der Waals surface area contributed by atoms with Gasteiger partial charge in [-0.1, -0.05) is 5.16 Å². The molecular weight excluding hydrogens is 318 g/mol. The summed E-state index contributed by atoms with van der Waals surface area (Å²) in [6, 6.07) is 8.09. The normalized spacial score (nSPS) is 17.1. The highest BCUT2D eigenvalue weighted by Crippen LogP contribution is 2.22. The third-order valence-corrected chi connectivity index (χ3v) is 4.27. The molecule has 1 fully saturated rings. The fourth-order valence-electron chi connectivity index (χ4n) is 3.08. The lowest BCUT2D eigenvalue weighted by atomic mass is 10.2. The predicted molar refractivity (Wildman–Crippen MR) is 91.6 cm³/mol. The smallest absolute Gasteiger partial charge is 0.240 e. The predicted octanol–water partition coefficient (Wildman–Crippen LogP) is 1.68. The Balaban J connectivity index is 1.33. The van der Waals surface area contributed by atoms with E-state index in [4.69, 9.17) is 4.52 Å². The van der Waals surface area contributed by atoms with E-state index in [1.165, 1.54) is 0 Å². The van der Waals surface area contributed by atoms with Crippen molar-refractivity contribution < 1.29 is 4.52 Å². The second-order valence-corrected chi connectivity index (χ2v) is 5.96. The van der Waals surface area contributed by atoms with Gasteiger partial charge in [-0.05, 0) is 37.1 Å². The van der Waals surface area contributed by atoms with Crippen LogP contribution in [0.4, 0.5) is 5.82 Å². The van der Waals surface area contributed by atoms with Crippen LogP contribution in [0.1, 0.15) is 18.7 Å². The minimum Gasteiger partial charge on any atom is -0.351 e. The van der Waals surface area contributed by atoms with Crippen molar-refractivity contribution >= 4 is 5.82 Å². The van der Waals surface area contributed by atoms with Gasteiger partial charge in [0.25, 0.3) is 0 Å². The van der Waals surface area contributed by atoms with Gasteiger partial charge < -0.3 is 14.7 Å². The minimum absolute atomic E-state index is 0.400. The van der Waals surface area contributed by atoms with Crippen molar-refractivity contribution in [2.45, 2.75) is 25.4 Å². The summed E-state index contributed by atoms with van der Waals surface area (Å²) >= 11 is 0. The van der Waals surface area contributed by atoms with Crippen LogP contribution < -0.4 is 10.2 Å². The molecule has 1 unspecified atom stereocenters. The molecule has 4 rings (SSSR count). The van der Waals surface area contributed by atoms with Crippen molar-refractivity contribution in [1.29, 1.82) is 0 Å². The number of anilines is 1. The monoisotopic (exact) mass is 337 g/mol. The van der Waals surface area contributed by atoms with Gasteiger partial charge in [0.05, 0.1) is 6.54 Å². The fraction of sp³-hybridized carbons (Fsp3) is 0.353. The average molecular weight is 337 g/mol. The Kier molecular flexibility index (Phi) is 4.60. The summed E-state index contributed by atoms with van der Waals surface area (Å²) in [6.45, 7) is 2.38. The van der Waals surface area contributed by atoms with E-state index in [0.29, 0.717) is 24.3 Å².